The molecule has 2 heterocycles. The number of benzene rings is 1. The number of alkyl halides is 3. The Morgan fingerprint density at radius 2 is 2.03 bits per heavy atom. The summed E-state index contributed by atoms with van der Waals surface area (Å²) < 4.78 is 49.1. The first-order valence-corrected chi connectivity index (χ1v) is 11.7. The van der Waals surface area contributed by atoms with Crippen molar-refractivity contribution in [1.82, 2.24) is 14.9 Å². The van der Waals surface area contributed by atoms with Crippen LogP contribution in [0.25, 0.3) is 0 Å². The molecule has 1 aromatic heterocycles. The number of aromatic nitrogens is 2. The minimum absolute atomic E-state index is 0.00666. The molecule has 1 unspecified atom stereocenters. The van der Waals surface area contributed by atoms with E-state index in [9.17, 15) is 18.0 Å². The number of carbonyl (C=O) groups excluding carboxylic acids is 1. The number of nitrogens with zero attached hydrogens (tertiary/aromatic N) is 3. The number of imidazole rings is 1. The number of hydrogen-bond acceptors (Lipinski definition) is 5. The Morgan fingerprint density at radius 1 is 1.29 bits per heavy atom. The molecule has 4 aliphatic carbocycles. The van der Waals surface area contributed by atoms with Crippen LogP contribution in [0.4, 0.5) is 18.9 Å². The third-order valence-corrected chi connectivity index (χ3v) is 7.92. The Kier molecular flexibility index (Phi) is 4.71. The van der Waals surface area contributed by atoms with Gasteiger partial charge >= 0.3 is 6.36 Å². The average Bonchev–Trinajstić information content (AvgIpc) is 3.14. The topological polar surface area (TPSA) is 68.6 Å². The Morgan fingerprint density at radius 3 is 2.74 bits per heavy atom. The van der Waals surface area contributed by atoms with Crippen LogP contribution in [0.15, 0.2) is 30.7 Å². The minimum atomic E-state index is -4.59. The molecule has 2 bridgehead atoms. The fourth-order valence-electron chi connectivity index (χ4n) is 5.95. The van der Waals surface area contributed by atoms with Crippen LogP contribution in [0, 0.1) is 0 Å². The molecule has 2 aromatic rings. The predicted octanol–water partition coefficient (Wildman–Crippen LogP) is 3.96. The van der Waals surface area contributed by atoms with Gasteiger partial charge in [0.1, 0.15) is 5.75 Å². The molecular formula is C23H24ClF3N4O3. The Labute approximate surface area is 199 Å². The summed E-state index contributed by atoms with van der Waals surface area (Å²) in [4.78, 5) is 19.4. The summed E-state index contributed by atoms with van der Waals surface area (Å²) in [5.41, 5.74) is 1.37. The summed E-state index contributed by atoms with van der Waals surface area (Å²) in [7, 11) is 1.91. The van der Waals surface area contributed by atoms with Gasteiger partial charge in [0, 0.05) is 29.7 Å². The van der Waals surface area contributed by atoms with Gasteiger partial charge in [0.25, 0.3) is 5.91 Å². The maximum absolute atomic E-state index is 13.0. The van der Waals surface area contributed by atoms with Crippen LogP contribution in [0.2, 0.25) is 5.02 Å². The van der Waals surface area contributed by atoms with E-state index in [4.69, 9.17) is 16.3 Å². The highest BCUT2D eigenvalue weighted by atomic mass is 35.5. The van der Waals surface area contributed by atoms with Gasteiger partial charge in [0.05, 0.1) is 35.9 Å². The highest BCUT2D eigenvalue weighted by Gasteiger charge is 2.70. The van der Waals surface area contributed by atoms with Crippen LogP contribution >= 0.6 is 11.6 Å². The molecule has 7 nitrogen and oxygen atoms in total. The zero-order chi connectivity index (χ0) is 23.9. The van der Waals surface area contributed by atoms with Gasteiger partial charge < -0.3 is 19.5 Å². The molecule has 7 rings (SSSR count). The molecule has 1 aliphatic heterocycles. The number of amides is 1. The highest BCUT2D eigenvalue weighted by Crippen LogP contribution is 2.65. The normalized spacial score (nSPS) is 33.7. The van der Waals surface area contributed by atoms with E-state index in [0.717, 1.165) is 30.6 Å². The van der Waals surface area contributed by atoms with Crippen molar-refractivity contribution in [2.24, 2.45) is 0 Å². The van der Waals surface area contributed by atoms with Crippen molar-refractivity contribution < 1.29 is 27.4 Å². The predicted molar refractivity (Wildman–Crippen MR) is 117 cm³/mol. The SMILES string of the molecule is CN1CC(C(=O)NC23CC(n4cnc([C@H]5C[C@@H](OC(F)(F)F)C5)c4)(C2)C3)Oc2ccc(Cl)cc21. The van der Waals surface area contributed by atoms with Crippen molar-refractivity contribution in [3.05, 3.63) is 41.4 Å². The summed E-state index contributed by atoms with van der Waals surface area (Å²) >= 11 is 6.07. The third-order valence-electron chi connectivity index (χ3n) is 7.69. The second kappa shape index (κ2) is 7.27. The lowest BCUT2D eigenvalue weighted by atomic mass is 9.44. The Hall–Kier alpha value is -2.46. The fourth-order valence-corrected chi connectivity index (χ4v) is 6.11. The zero-order valence-corrected chi connectivity index (χ0v) is 19.2. The number of likely N-dealkylation sites (N-methyl/N-ethyl adjacent to an activating group) is 1. The first-order chi connectivity index (χ1) is 16.0. The fraction of sp³-hybridized carbons (Fsp3) is 0.565. The van der Waals surface area contributed by atoms with E-state index in [-0.39, 0.29) is 22.9 Å². The molecule has 0 radical (unpaired) electrons. The maximum Gasteiger partial charge on any atom is 0.522 e. The van der Waals surface area contributed by atoms with Crippen molar-refractivity contribution in [3.63, 3.8) is 0 Å². The van der Waals surface area contributed by atoms with Gasteiger partial charge in [-0.15, -0.1) is 13.2 Å². The molecular weight excluding hydrogens is 473 g/mol. The summed E-state index contributed by atoms with van der Waals surface area (Å²) in [6.07, 6.45) is 0.808. The Balaban J connectivity index is 1.03. The van der Waals surface area contributed by atoms with Crippen LogP contribution in [-0.4, -0.2) is 53.2 Å². The van der Waals surface area contributed by atoms with Gasteiger partial charge in [0.2, 0.25) is 0 Å². The lowest BCUT2D eigenvalue weighted by Gasteiger charge is -2.70. The number of hydrogen-bond donors (Lipinski definition) is 1. The number of rotatable bonds is 5. The molecule has 1 amide bonds. The number of fused-ring (bicyclic) bond motifs is 1. The number of carbonyl (C=O) groups is 1. The maximum atomic E-state index is 13.0. The van der Waals surface area contributed by atoms with E-state index < -0.39 is 18.6 Å². The first kappa shape index (κ1) is 22.0. The highest BCUT2D eigenvalue weighted by molar-refractivity contribution is 6.31. The van der Waals surface area contributed by atoms with Crippen LogP contribution in [0.3, 0.4) is 0 Å². The van der Waals surface area contributed by atoms with Gasteiger partial charge in [0.15, 0.2) is 6.10 Å². The number of anilines is 1. The average molecular weight is 497 g/mol. The second-order valence-corrected chi connectivity index (χ2v) is 10.6. The summed E-state index contributed by atoms with van der Waals surface area (Å²) in [5, 5.41) is 3.81. The molecule has 11 heteroatoms. The molecule has 5 aliphatic rings. The monoisotopic (exact) mass is 496 g/mol. The van der Waals surface area contributed by atoms with Gasteiger partial charge in [-0.05, 0) is 50.3 Å². The molecule has 0 spiro atoms. The largest absolute Gasteiger partial charge is 0.522 e. The van der Waals surface area contributed by atoms with Crippen molar-refractivity contribution in [2.75, 3.05) is 18.5 Å². The second-order valence-electron chi connectivity index (χ2n) is 10.2. The van der Waals surface area contributed by atoms with Crippen molar-refractivity contribution in [1.29, 1.82) is 0 Å². The number of halogens is 4. The van der Waals surface area contributed by atoms with E-state index in [1.807, 2.05) is 24.2 Å². The van der Waals surface area contributed by atoms with Gasteiger partial charge in [-0.25, -0.2) is 4.98 Å². The molecule has 4 fully saturated rings. The number of nitrogens with one attached hydrogen (secondary N) is 1. The van der Waals surface area contributed by atoms with E-state index in [0.29, 0.717) is 30.2 Å². The standard InChI is InChI=1S/C23H24ClF3N4O3/c1-30-8-19(33-18-3-2-14(24)6-17(18)30)20(32)29-21-9-22(10-21,11-21)31-7-16(28-12-31)13-4-15(5-13)34-23(25,26)27/h2-3,6-7,12-13,15,19H,4-5,8-11H2,1H3,(H,29,32)/t13-,15+,19?,21?,22?. The van der Waals surface area contributed by atoms with Crippen LogP contribution in [-0.2, 0) is 15.1 Å². The summed E-state index contributed by atoms with van der Waals surface area (Å²) in [6, 6.07) is 5.34. The first-order valence-electron chi connectivity index (χ1n) is 11.3. The molecule has 1 N–H and O–H groups in total. The lowest BCUT2D eigenvalue weighted by Crippen LogP contribution is -2.79. The van der Waals surface area contributed by atoms with Crippen molar-refractivity contribution in [2.45, 2.75) is 67.7 Å². The molecule has 34 heavy (non-hydrogen) atoms. The molecule has 182 valence electrons. The van der Waals surface area contributed by atoms with E-state index in [1.165, 1.54) is 0 Å². The Bertz CT molecular complexity index is 1130. The van der Waals surface area contributed by atoms with Crippen LogP contribution in [0.5, 0.6) is 5.75 Å². The number of ether oxygens (including phenoxy) is 2. The summed E-state index contributed by atoms with van der Waals surface area (Å²) in [5.74, 6) is 0.502. The van der Waals surface area contributed by atoms with E-state index in [2.05, 4.69) is 19.6 Å². The zero-order valence-electron chi connectivity index (χ0n) is 18.4. The van der Waals surface area contributed by atoms with E-state index in [1.54, 1.807) is 18.5 Å². The summed E-state index contributed by atoms with van der Waals surface area (Å²) in [6.45, 7) is 0.436. The smallest absolute Gasteiger partial charge is 0.477 e. The van der Waals surface area contributed by atoms with Gasteiger partial charge in [-0.3, -0.25) is 9.53 Å². The van der Waals surface area contributed by atoms with Crippen LogP contribution in [0.1, 0.15) is 43.7 Å². The van der Waals surface area contributed by atoms with Gasteiger partial charge in [-0.2, -0.15) is 0 Å². The van der Waals surface area contributed by atoms with Crippen molar-refractivity contribution in [3.8, 4) is 5.75 Å². The molecule has 1 atom stereocenters. The van der Waals surface area contributed by atoms with Gasteiger partial charge in [-0.1, -0.05) is 11.6 Å². The minimum Gasteiger partial charge on any atom is -0.477 e. The molecule has 1 aromatic carbocycles. The molecule has 4 saturated carbocycles. The molecule has 0 saturated heterocycles. The van der Waals surface area contributed by atoms with Crippen LogP contribution < -0.4 is 15.0 Å². The third kappa shape index (κ3) is 3.62. The van der Waals surface area contributed by atoms with E-state index >= 15 is 0 Å². The lowest BCUT2D eigenvalue weighted by molar-refractivity contribution is -0.351. The van der Waals surface area contributed by atoms with Crippen molar-refractivity contribution >= 4 is 23.2 Å². The quantitative estimate of drug-likeness (QED) is 0.678.